The summed E-state index contributed by atoms with van der Waals surface area (Å²) in [4.78, 5) is 1.53. The maximum absolute atomic E-state index is 11.1. The monoisotopic (exact) mass is 373 g/mol. The van der Waals surface area contributed by atoms with Crippen LogP contribution in [0.15, 0.2) is 35.6 Å². The zero-order valence-electron chi connectivity index (χ0n) is 16.7. The summed E-state index contributed by atoms with van der Waals surface area (Å²) in [5.41, 5.74) is 2.74. The normalized spacial score (nSPS) is 22.1. The average molecular weight is 374 g/mol. The van der Waals surface area contributed by atoms with Crippen LogP contribution in [0.3, 0.4) is 0 Å². The van der Waals surface area contributed by atoms with Gasteiger partial charge < -0.3 is 5.11 Å². The molecular weight excluding hydrogens is 346 g/mol. The van der Waals surface area contributed by atoms with Crippen LogP contribution in [0.2, 0.25) is 5.02 Å². The van der Waals surface area contributed by atoms with Crippen LogP contribution in [0.4, 0.5) is 0 Å². The SMILES string of the molecule is CC(C)(C)C1=C(O)C(n2nc3cccc(Cl)c3n2)=CC(C)(C(C)(C)C)C1. The molecule has 1 atom stereocenters. The molecular formula is C21H28ClN3O. The predicted molar refractivity (Wildman–Crippen MR) is 108 cm³/mol. The topological polar surface area (TPSA) is 50.9 Å². The van der Waals surface area contributed by atoms with Crippen LogP contribution in [0.5, 0.6) is 0 Å². The molecule has 0 saturated heterocycles. The Hall–Kier alpha value is -1.81. The van der Waals surface area contributed by atoms with Crippen molar-refractivity contribution in [3.05, 3.63) is 40.6 Å². The van der Waals surface area contributed by atoms with Gasteiger partial charge in [0.1, 0.15) is 22.5 Å². The first-order chi connectivity index (χ1) is 11.8. The van der Waals surface area contributed by atoms with E-state index in [9.17, 15) is 5.11 Å². The fourth-order valence-corrected chi connectivity index (χ4v) is 3.50. The van der Waals surface area contributed by atoms with Gasteiger partial charge in [-0.05, 0) is 46.4 Å². The van der Waals surface area contributed by atoms with E-state index in [0.717, 1.165) is 12.0 Å². The van der Waals surface area contributed by atoms with Crippen LogP contribution in [-0.2, 0) is 0 Å². The number of hydrogen-bond acceptors (Lipinski definition) is 3. The van der Waals surface area contributed by atoms with Crippen molar-refractivity contribution in [1.29, 1.82) is 0 Å². The molecule has 0 amide bonds. The minimum Gasteiger partial charge on any atom is -0.506 e. The molecule has 26 heavy (non-hydrogen) atoms. The van der Waals surface area contributed by atoms with Crippen molar-refractivity contribution in [1.82, 2.24) is 15.0 Å². The van der Waals surface area contributed by atoms with Gasteiger partial charge in [-0.15, -0.1) is 15.0 Å². The summed E-state index contributed by atoms with van der Waals surface area (Å²) in [6, 6.07) is 5.53. The molecule has 1 aliphatic carbocycles. The first kappa shape index (κ1) is 19.0. The van der Waals surface area contributed by atoms with Crippen molar-refractivity contribution in [2.45, 2.75) is 54.9 Å². The Morgan fingerprint density at radius 3 is 2.31 bits per heavy atom. The van der Waals surface area contributed by atoms with Crippen molar-refractivity contribution < 1.29 is 5.11 Å². The van der Waals surface area contributed by atoms with Gasteiger partial charge in [-0.25, -0.2) is 0 Å². The third-order valence-electron chi connectivity index (χ3n) is 5.72. The number of hydrogen-bond donors (Lipinski definition) is 1. The number of fused-ring (bicyclic) bond motifs is 1. The summed E-state index contributed by atoms with van der Waals surface area (Å²) < 4.78 is 0. The standard InChI is InChI=1S/C21H28ClN3O/c1-19(2,3)13-11-21(7,20(4,5)6)12-16(18(13)26)25-23-15-10-8-9-14(22)17(15)24-25/h8-10,12,26H,11H2,1-7H3. The zero-order valence-corrected chi connectivity index (χ0v) is 17.4. The molecule has 1 unspecified atom stereocenters. The van der Waals surface area contributed by atoms with Crippen LogP contribution >= 0.6 is 11.6 Å². The Kier molecular flexibility index (Phi) is 4.27. The highest BCUT2D eigenvalue weighted by molar-refractivity contribution is 6.34. The molecule has 1 heterocycles. The van der Waals surface area contributed by atoms with E-state index in [4.69, 9.17) is 11.6 Å². The van der Waals surface area contributed by atoms with Crippen LogP contribution in [0.1, 0.15) is 54.9 Å². The number of benzene rings is 1. The minimum atomic E-state index is -0.152. The molecule has 4 nitrogen and oxygen atoms in total. The van der Waals surface area contributed by atoms with Crippen molar-refractivity contribution in [3.8, 4) is 0 Å². The van der Waals surface area contributed by atoms with Crippen LogP contribution in [-0.4, -0.2) is 20.1 Å². The van der Waals surface area contributed by atoms with Gasteiger partial charge in [-0.1, -0.05) is 66.1 Å². The van der Waals surface area contributed by atoms with Gasteiger partial charge in [0.15, 0.2) is 0 Å². The summed E-state index contributed by atoms with van der Waals surface area (Å²) in [5.74, 6) is 0.274. The summed E-state index contributed by atoms with van der Waals surface area (Å²) in [6.07, 6.45) is 2.92. The van der Waals surface area contributed by atoms with E-state index in [-0.39, 0.29) is 22.0 Å². The molecule has 0 bridgehead atoms. The number of aliphatic hydroxyl groups is 1. The second-order valence-electron chi connectivity index (χ2n) is 9.55. The van der Waals surface area contributed by atoms with Gasteiger partial charge in [0.2, 0.25) is 0 Å². The number of halogens is 1. The van der Waals surface area contributed by atoms with Gasteiger partial charge >= 0.3 is 0 Å². The Morgan fingerprint density at radius 2 is 1.77 bits per heavy atom. The fourth-order valence-electron chi connectivity index (χ4n) is 3.29. The summed E-state index contributed by atoms with van der Waals surface area (Å²) in [7, 11) is 0. The maximum Gasteiger partial charge on any atom is 0.142 e. The summed E-state index contributed by atoms with van der Waals surface area (Å²) >= 11 is 6.27. The fraction of sp³-hybridized carbons (Fsp3) is 0.524. The molecule has 0 spiro atoms. The van der Waals surface area contributed by atoms with Crippen LogP contribution < -0.4 is 0 Å². The second-order valence-corrected chi connectivity index (χ2v) is 9.96. The van der Waals surface area contributed by atoms with Gasteiger partial charge in [0.25, 0.3) is 0 Å². The molecule has 0 aliphatic heterocycles. The molecule has 1 aromatic carbocycles. The Balaban J connectivity index is 2.26. The lowest BCUT2D eigenvalue weighted by molar-refractivity contribution is 0.152. The van der Waals surface area contributed by atoms with Gasteiger partial charge in [-0.3, -0.25) is 0 Å². The average Bonchev–Trinajstić information content (AvgIpc) is 2.92. The van der Waals surface area contributed by atoms with Gasteiger partial charge in [-0.2, -0.15) is 0 Å². The zero-order chi connectivity index (χ0) is 19.5. The van der Waals surface area contributed by atoms with E-state index in [1.165, 1.54) is 4.80 Å². The molecule has 1 aromatic heterocycles. The Labute approximate surface area is 160 Å². The molecule has 0 saturated carbocycles. The molecule has 0 radical (unpaired) electrons. The highest BCUT2D eigenvalue weighted by atomic mass is 35.5. The molecule has 1 aliphatic rings. The molecule has 140 valence electrons. The van der Waals surface area contributed by atoms with Crippen molar-refractivity contribution in [3.63, 3.8) is 0 Å². The second kappa shape index (κ2) is 5.85. The summed E-state index contributed by atoms with van der Waals surface area (Å²) in [6.45, 7) is 15.3. The number of aliphatic hydroxyl groups excluding tert-OH is 1. The lowest BCUT2D eigenvalue weighted by atomic mass is 9.60. The molecule has 3 rings (SSSR count). The quantitative estimate of drug-likeness (QED) is 0.643. The van der Waals surface area contributed by atoms with Crippen LogP contribution in [0, 0.1) is 16.2 Å². The first-order valence-corrected chi connectivity index (χ1v) is 9.39. The third-order valence-corrected chi connectivity index (χ3v) is 6.03. The Bertz CT molecular complexity index is 925. The number of aromatic nitrogens is 3. The van der Waals surface area contributed by atoms with Crippen molar-refractivity contribution in [2.24, 2.45) is 16.2 Å². The molecule has 5 heteroatoms. The highest BCUT2D eigenvalue weighted by Crippen LogP contribution is 2.52. The van der Waals surface area contributed by atoms with Gasteiger partial charge in [0, 0.05) is 0 Å². The van der Waals surface area contributed by atoms with Crippen molar-refractivity contribution >= 4 is 28.3 Å². The summed E-state index contributed by atoms with van der Waals surface area (Å²) in [5, 5.41) is 20.8. The lowest BCUT2D eigenvalue weighted by Crippen LogP contribution is -2.36. The van der Waals surface area contributed by atoms with Crippen molar-refractivity contribution in [2.75, 3.05) is 0 Å². The number of rotatable bonds is 1. The smallest absolute Gasteiger partial charge is 0.142 e. The number of nitrogens with zero attached hydrogens (tertiary/aromatic N) is 3. The van der Waals surface area contributed by atoms with E-state index >= 15 is 0 Å². The third kappa shape index (κ3) is 3.05. The first-order valence-electron chi connectivity index (χ1n) is 9.01. The van der Waals surface area contributed by atoms with Gasteiger partial charge in [0.05, 0.1) is 5.02 Å². The van der Waals surface area contributed by atoms with Crippen LogP contribution in [0.25, 0.3) is 16.7 Å². The Morgan fingerprint density at radius 1 is 1.12 bits per heavy atom. The molecule has 0 fully saturated rings. The molecule has 1 N–H and O–H groups in total. The number of allylic oxidation sites excluding steroid dienone is 3. The van der Waals surface area contributed by atoms with E-state index in [1.54, 1.807) is 6.07 Å². The highest BCUT2D eigenvalue weighted by Gasteiger charge is 2.43. The largest absolute Gasteiger partial charge is 0.506 e. The lowest BCUT2D eigenvalue weighted by Gasteiger charge is -2.45. The minimum absolute atomic E-state index is 0.0136. The van der Waals surface area contributed by atoms with E-state index in [2.05, 4.69) is 64.7 Å². The van der Waals surface area contributed by atoms with E-state index in [0.29, 0.717) is 21.8 Å². The maximum atomic E-state index is 11.1. The van der Waals surface area contributed by atoms with E-state index < -0.39 is 0 Å². The molecule has 2 aromatic rings. The van der Waals surface area contributed by atoms with E-state index in [1.807, 2.05) is 12.1 Å². The predicted octanol–water partition coefficient (Wildman–Crippen LogP) is 6.24.